The maximum atomic E-state index is 12.1. The Balaban J connectivity index is 1.70. The molecule has 3 rings (SSSR count). The highest BCUT2D eigenvalue weighted by atomic mass is 35.5. The monoisotopic (exact) mass is 378 g/mol. The molecule has 0 fully saturated rings. The molecule has 1 heterocycles. The fourth-order valence-electron chi connectivity index (χ4n) is 2.17. The Labute approximate surface area is 152 Å². The van der Waals surface area contributed by atoms with Crippen molar-refractivity contribution in [1.82, 2.24) is 4.98 Å². The number of halogens is 1. The Morgan fingerprint density at radius 1 is 1.32 bits per heavy atom. The highest BCUT2D eigenvalue weighted by Gasteiger charge is 2.12. The van der Waals surface area contributed by atoms with Crippen molar-refractivity contribution in [3.8, 4) is 11.5 Å². The molecule has 2 aromatic carbocycles. The van der Waals surface area contributed by atoms with E-state index in [0.717, 1.165) is 4.70 Å². The van der Waals surface area contributed by atoms with E-state index in [-0.39, 0.29) is 12.5 Å². The van der Waals surface area contributed by atoms with Gasteiger partial charge in [-0.3, -0.25) is 10.2 Å². The molecule has 0 aliphatic rings. The lowest BCUT2D eigenvalue weighted by Gasteiger charge is -2.09. The van der Waals surface area contributed by atoms with Gasteiger partial charge < -0.3 is 14.8 Å². The van der Waals surface area contributed by atoms with Crippen molar-refractivity contribution in [3.05, 3.63) is 41.4 Å². The maximum Gasteiger partial charge on any atom is 0.262 e. The standard InChI is InChI=1S/C16H15ClN4O3S/c1-23-12-6-10(7-13-15(12)20-16(21-18)25-13)19-14(22)8-24-11-4-2-9(17)3-5-11/h2-7H,8,18H2,1H3,(H,19,22)(H,20,21). The summed E-state index contributed by atoms with van der Waals surface area (Å²) in [6.45, 7) is -0.125. The van der Waals surface area contributed by atoms with Crippen LogP contribution in [0.2, 0.25) is 5.02 Å². The van der Waals surface area contributed by atoms with Crippen LogP contribution < -0.4 is 26.1 Å². The molecule has 0 atom stereocenters. The van der Waals surface area contributed by atoms with E-state index in [0.29, 0.717) is 32.9 Å². The topological polar surface area (TPSA) is 98.5 Å². The van der Waals surface area contributed by atoms with E-state index >= 15 is 0 Å². The zero-order chi connectivity index (χ0) is 17.8. The first-order valence-electron chi connectivity index (χ1n) is 7.22. The van der Waals surface area contributed by atoms with E-state index in [1.165, 1.54) is 11.3 Å². The van der Waals surface area contributed by atoms with Crippen LogP contribution in [0.1, 0.15) is 0 Å². The maximum absolute atomic E-state index is 12.1. The molecule has 4 N–H and O–H groups in total. The van der Waals surface area contributed by atoms with E-state index in [1.807, 2.05) is 0 Å². The fraction of sp³-hybridized carbons (Fsp3) is 0.125. The Kier molecular flexibility index (Phi) is 5.22. The molecule has 0 bridgehead atoms. The lowest BCUT2D eigenvalue weighted by Crippen LogP contribution is -2.20. The number of amides is 1. The second-order valence-corrected chi connectivity index (χ2v) is 6.45. The van der Waals surface area contributed by atoms with E-state index in [2.05, 4.69) is 15.7 Å². The molecule has 1 amide bonds. The van der Waals surface area contributed by atoms with E-state index in [9.17, 15) is 4.79 Å². The van der Waals surface area contributed by atoms with Gasteiger partial charge in [-0.2, -0.15) is 0 Å². The summed E-state index contributed by atoms with van der Waals surface area (Å²) < 4.78 is 11.6. The average Bonchev–Trinajstić information content (AvgIpc) is 3.03. The smallest absolute Gasteiger partial charge is 0.262 e. The lowest BCUT2D eigenvalue weighted by molar-refractivity contribution is -0.118. The molecular formula is C16H15ClN4O3S. The van der Waals surface area contributed by atoms with Crippen LogP contribution in [0, 0.1) is 0 Å². The lowest BCUT2D eigenvalue weighted by atomic mass is 10.2. The van der Waals surface area contributed by atoms with Crippen molar-refractivity contribution in [3.63, 3.8) is 0 Å². The van der Waals surface area contributed by atoms with E-state index < -0.39 is 0 Å². The number of carbonyl (C=O) groups excluding carboxylic acids is 1. The minimum atomic E-state index is -0.293. The molecule has 0 radical (unpaired) electrons. The number of anilines is 2. The first-order chi connectivity index (χ1) is 12.1. The summed E-state index contributed by atoms with van der Waals surface area (Å²) in [6.07, 6.45) is 0. The number of nitrogens with zero attached hydrogens (tertiary/aromatic N) is 1. The van der Waals surface area contributed by atoms with Crippen LogP contribution in [0.5, 0.6) is 11.5 Å². The number of methoxy groups -OCH3 is 1. The van der Waals surface area contributed by atoms with Crippen molar-refractivity contribution in [1.29, 1.82) is 0 Å². The number of hydrogen-bond donors (Lipinski definition) is 3. The number of hydrogen-bond acceptors (Lipinski definition) is 7. The van der Waals surface area contributed by atoms with E-state index in [1.54, 1.807) is 43.5 Å². The second kappa shape index (κ2) is 7.56. The van der Waals surface area contributed by atoms with Gasteiger partial charge >= 0.3 is 0 Å². The number of benzene rings is 2. The third kappa shape index (κ3) is 4.11. The number of nitrogen functional groups attached to an aromatic ring is 1. The first kappa shape index (κ1) is 17.3. The quantitative estimate of drug-likeness (QED) is 0.450. The molecule has 3 aromatic rings. The molecule has 0 aliphatic heterocycles. The fourth-order valence-corrected chi connectivity index (χ4v) is 3.12. The number of carbonyl (C=O) groups is 1. The Bertz CT molecular complexity index is 898. The van der Waals surface area contributed by atoms with Crippen LogP contribution in [0.15, 0.2) is 36.4 Å². The highest BCUT2D eigenvalue weighted by molar-refractivity contribution is 7.22. The van der Waals surface area contributed by atoms with Gasteiger partial charge in [0.1, 0.15) is 17.0 Å². The predicted molar refractivity (Wildman–Crippen MR) is 99.6 cm³/mol. The number of rotatable bonds is 6. The third-order valence-electron chi connectivity index (χ3n) is 3.27. The summed E-state index contributed by atoms with van der Waals surface area (Å²) in [7, 11) is 1.54. The molecule has 7 nitrogen and oxygen atoms in total. The van der Waals surface area contributed by atoms with Gasteiger partial charge in [-0.25, -0.2) is 10.8 Å². The molecule has 0 saturated heterocycles. The zero-order valence-corrected chi connectivity index (χ0v) is 14.8. The molecule has 130 valence electrons. The number of thiazole rings is 1. The molecule has 0 unspecified atom stereocenters. The zero-order valence-electron chi connectivity index (χ0n) is 13.2. The van der Waals surface area contributed by atoms with Gasteiger partial charge in [0, 0.05) is 16.8 Å². The minimum absolute atomic E-state index is 0.125. The molecule has 25 heavy (non-hydrogen) atoms. The predicted octanol–water partition coefficient (Wildman–Crippen LogP) is 3.26. The van der Waals surface area contributed by atoms with Crippen LogP contribution in [-0.4, -0.2) is 24.6 Å². The number of nitrogens with one attached hydrogen (secondary N) is 2. The number of fused-ring (bicyclic) bond motifs is 1. The number of nitrogens with two attached hydrogens (primary N) is 1. The number of aromatic nitrogens is 1. The van der Waals surface area contributed by atoms with Gasteiger partial charge in [-0.1, -0.05) is 22.9 Å². The van der Waals surface area contributed by atoms with Crippen LogP contribution in [0.25, 0.3) is 10.2 Å². The Hall–Kier alpha value is -2.55. The minimum Gasteiger partial charge on any atom is -0.494 e. The van der Waals surface area contributed by atoms with Crippen LogP contribution in [-0.2, 0) is 4.79 Å². The Morgan fingerprint density at radius 3 is 2.76 bits per heavy atom. The van der Waals surface area contributed by atoms with Crippen molar-refractivity contribution in [2.75, 3.05) is 24.5 Å². The van der Waals surface area contributed by atoms with Crippen molar-refractivity contribution in [2.45, 2.75) is 0 Å². The summed E-state index contributed by atoms with van der Waals surface area (Å²) >= 11 is 7.16. The van der Waals surface area contributed by atoms with Crippen molar-refractivity contribution >= 4 is 49.9 Å². The van der Waals surface area contributed by atoms with Gasteiger partial charge in [0.15, 0.2) is 11.7 Å². The van der Waals surface area contributed by atoms with E-state index in [4.69, 9.17) is 26.9 Å². The molecule has 1 aromatic heterocycles. The van der Waals surface area contributed by atoms with Gasteiger partial charge in [-0.15, -0.1) is 0 Å². The van der Waals surface area contributed by atoms with Crippen LogP contribution in [0.3, 0.4) is 0 Å². The molecular weight excluding hydrogens is 364 g/mol. The molecule has 9 heteroatoms. The second-order valence-electron chi connectivity index (χ2n) is 4.98. The molecule has 0 aliphatic carbocycles. The third-order valence-corrected chi connectivity index (χ3v) is 4.46. The van der Waals surface area contributed by atoms with Gasteiger partial charge in [0.05, 0.1) is 11.8 Å². The SMILES string of the molecule is COc1cc(NC(=O)COc2ccc(Cl)cc2)cc2sc(NN)nc12. The number of hydrazine groups is 1. The van der Waals surface area contributed by atoms with Crippen LogP contribution >= 0.6 is 22.9 Å². The average molecular weight is 379 g/mol. The molecule has 0 saturated carbocycles. The van der Waals surface area contributed by atoms with Gasteiger partial charge in [-0.05, 0) is 30.3 Å². The largest absolute Gasteiger partial charge is 0.494 e. The Morgan fingerprint density at radius 2 is 2.08 bits per heavy atom. The summed E-state index contributed by atoms with van der Waals surface area (Å²) in [5.41, 5.74) is 3.77. The first-order valence-corrected chi connectivity index (χ1v) is 8.42. The number of ether oxygens (including phenoxy) is 2. The molecule has 0 spiro atoms. The van der Waals surface area contributed by atoms with Gasteiger partial charge in [0.25, 0.3) is 5.91 Å². The van der Waals surface area contributed by atoms with Crippen molar-refractivity contribution in [2.24, 2.45) is 5.84 Å². The normalized spacial score (nSPS) is 10.5. The highest BCUT2D eigenvalue weighted by Crippen LogP contribution is 2.35. The van der Waals surface area contributed by atoms with Gasteiger partial charge in [0.2, 0.25) is 0 Å². The summed E-state index contributed by atoms with van der Waals surface area (Å²) in [6, 6.07) is 10.3. The summed E-state index contributed by atoms with van der Waals surface area (Å²) in [5, 5.41) is 3.94. The summed E-state index contributed by atoms with van der Waals surface area (Å²) in [5.74, 6) is 6.21. The summed E-state index contributed by atoms with van der Waals surface area (Å²) in [4.78, 5) is 16.4. The van der Waals surface area contributed by atoms with Crippen molar-refractivity contribution < 1.29 is 14.3 Å². The van der Waals surface area contributed by atoms with Crippen LogP contribution in [0.4, 0.5) is 10.8 Å².